The Kier molecular flexibility index (Phi) is 3.81. The summed E-state index contributed by atoms with van der Waals surface area (Å²) in [6.45, 7) is 3.01. The van der Waals surface area contributed by atoms with Gasteiger partial charge in [-0.2, -0.15) is 5.10 Å². The van der Waals surface area contributed by atoms with E-state index in [0.717, 1.165) is 12.1 Å². The average Bonchev–Trinajstić information content (AvgIpc) is 3.05. The molecule has 0 spiro atoms. The average molecular weight is 352 g/mol. The van der Waals surface area contributed by atoms with Gasteiger partial charge in [-0.3, -0.25) is 14.3 Å². The second-order valence-electron chi connectivity index (χ2n) is 7.69. The molecule has 2 saturated carbocycles. The van der Waals surface area contributed by atoms with E-state index in [1.54, 1.807) is 15.8 Å². The number of amides is 2. The number of carbonyl (C=O) groups is 2. The number of carbonyl (C=O) groups excluding carboxylic acids is 2. The van der Waals surface area contributed by atoms with E-state index >= 15 is 0 Å². The molecule has 3 aliphatic rings. The zero-order valence-corrected chi connectivity index (χ0v) is 14.1. The Balaban J connectivity index is 1.40. The number of rotatable bonds is 4. The third kappa shape index (κ3) is 3.26. The molecule has 8 heteroatoms. The molecule has 1 N–H and O–H groups in total. The van der Waals surface area contributed by atoms with Gasteiger partial charge in [0.1, 0.15) is 0 Å². The van der Waals surface area contributed by atoms with Gasteiger partial charge in [-0.1, -0.05) is 6.92 Å². The third-order valence-corrected chi connectivity index (χ3v) is 5.50. The van der Waals surface area contributed by atoms with Gasteiger partial charge in [-0.05, 0) is 18.4 Å². The first kappa shape index (κ1) is 16.5. The first-order valence-corrected chi connectivity index (χ1v) is 8.81. The van der Waals surface area contributed by atoms with E-state index in [9.17, 15) is 18.4 Å². The van der Waals surface area contributed by atoms with Gasteiger partial charge < -0.3 is 10.2 Å². The molecular formula is C17H22F2N4O2. The van der Waals surface area contributed by atoms with Gasteiger partial charge in [0, 0.05) is 37.5 Å². The van der Waals surface area contributed by atoms with E-state index in [1.807, 2.05) is 6.07 Å². The number of nitrogens with zero attached hydrogens (tertiary/aromatic N) is 3. The lowest BCUT2D eigenvalue weighted by atomic mass is 9.88. The van der Waals surface area contributed by atoms with Crippen LogP contribution < -0.4 is 5.32 Å². The number of hydrogen-bond acceptors (Lipinski definition) is 3. The molecule has 1 aromatic heterocycles. The fraction of sp³-hybridized carbons (Fsp3) is 0.706. The SMILES string of the molecule is CC1CC1C(=O)N1Cc2ccnn2C(CC(=O)NC2CC(F)(F)C2)C1. The lowest BCUT2D eigenvalue weighted by Gasteiger charge is -2.37. The fourth-order valence-electron chi connectivity index (χ4n) is 3.87. The normalized spacial score (nSPS) is 30.4. The summed E-state index contributed by atoms with van der Waals surface area (Å²) in [7, 11) is 0. The molecule has 136 valence electrons. The highest BCUT2D eigenvalue weighted by Crippen LogP contribution is 2.40. The summed E-state index contributed by atoms with van der Waals surface area (Å²) in [6, 6.07) is 1.15. The van der Waals surface area contributed by atoms with E-state index in [1.165, 1.54) is 0 Å². The monoisotopic (exact) mass is 352 g/mol. The predicted molar refractivity (Wildman–Crippen MR) is 84.7 cm³/mol. The molecule has 2 fully saturated rings. The molecule has 1 aromatic rings. The van der Waals surface area contributed by atoms with Crippen LogP contribution in [0.3, 0.4) is 0 Å². The van der Waals surface area contributed by atoms with Gasteiger partial charge in [-0.15, -0.1) is 0 Å². The Bertz CT molecular complexity index is 697. The lowest BCUT2D eigenvalue weighted by Crippen LogP contribution is -2.51. The molecule has 1 aliphatic heterocycles. The minimum atomic E-state index is -2.65. The zero-order valence-electron chi connectivity index (χ0n) is 14.1. The number of hydrogen-bond donors (Lipinski definition) is 1. The number of fused-ring (bicyclic) bond motifs is 1. The Hall–Kier alpha value is -1.99. The number of nitrogens with one attached hydrogen (secondary N) is 1. The van der Waals surface area contributed by atoms with Crippen LogP contribution >= 0.6 is 0 Å². The van der Waals surface area contributed by atoms with Crippen LogP contribution in [-0.2, 0) is 16.1 Å². The van der Waals surface area contributed by atoms with Crippen molar-refractivity contribution in [3.05, 3.63) is 18.0 Å². The highest BCUT2D eigenvalue weighted by Gasteiger charge is 2.46. The Morgan fingerprint density at radius 3 is 2.76 bits per heavy atom. The van der Waals surface area contributed by atoms with Crippen LogP contribution in [0.4, 0.5) is 8.78 Å². The van der Waals surface area contributed by atoms with Gasteiger partial charge >= 0.3 is 0 Å². The van der Waals surface area contributed by atoms with Crippen LogP contribution in [0, 0.1) is 11.8 Å². The number of aromatic nitrogens is 2. The fourth-order valence-corrected chi connectivity index (χ4v) is 3.87. The summed E-state index contributed by atoms with van der Waals surface area (Å²) in [6.07, 6.45) is 2.15. The molecule has 0 bridgehead atoms. The molecule has 3 unspecified atom stereocenters. The molecule has 3 atom stereocenters. The summed E-state index contributed by atoms with van der Waals surface area (Å²) in [4.78, 5) is 26.6. The summed E-state index contributed by atoms with van der Waals surface area (Å²) < 4.78 is 27.6. The molecule has 0 aromatic carbocycles. The Morgan fingerprint density at radius 2 is 2.12 bits per heavy atom. The first-order chi connectivity index (χ1) is 11.8. The Labute approximate surface area is 144 Å². The van der Waals surface area contributed by atoms with E-state index in [-0.39, 0.29) is 43.0 Å². The van der Waals surface area contributed by atoms with E-state index in [4.69, 9.17) is 0 Å². The Morgan fingerprint density at radius 1 is 1.40 bits per heavy atom. The van der Waals surface area contributed by atoms with Crippen LogP contribution in [-0.4, -0.2) is 45.0 Å². The first-order valence-electron chi connectivity index (χ1n) is 8.81. The van der Waals surface area contributed by atoms with Crippen molar-refractivity contribution < 1.29 is 18.4 Å². The maximum atomic E-state index is 12.9. The van der Waals surface area contributed by atoms with Crippen molar-refractivity contribution in [2.45, 2.75) is 57.2 Å². The van der Waals surface area contributed by atoms with Crippen molar-refractivity contribution in [1.29, 1.82) is 0 Å². The highest BCUT2D eigenvalue weighted by atomic mass is 19.3. The van der Waals surface area contributed by atoms with Crippen molar-refractivity contribution in [3.63, 3.8) is 0 Å². The third-order valence-electron chi connectivity index (χ3n) is 5.50. The van der Waals surface area contributed by atoms with Crippen LogP contribution in [0.25, 0.3) is 0 Å². The van der Waals surface area contributed by atoms with Gasteiger partial charge in [0.05, 0.1) is 24.7 Å². The topological polar surface area (TPSA) is 67.2 Å². The van der Waals surface area contributed by atoms with Crippen molar-refractivity contribution in [2.24, 2.45) is 11.8 Å². The molecule has 0 saturated heterocycles. The number of alkyl halides is 2. The smallest absolute Gasteiger partial charge is 0.252 e. The highest BCUT2D eigenvalue weighted by molar-refractivity contribution is 5.82. The quantitative estimate of drug-likeness (QED) is 0.897. The maximum absolute atomic E-state index is 12.9. The van der Waals surface area contributed by atoms with Crippen molar-refractivity contribution >= 4 is 11.8 Å². The summed E-state index contributed by atoms with van der Waals surface area (Å²) >= 11 is 0. The number of halogens is 2. The molecule has 4 rings (SSSR count). The predicted octanol–water partition coefficient (Wildman–Crippen LogP) is 1.73. The second-order valence-corrected chi connectivity index (χ2v) is 7.69. The molecule has 6 nitrogen and oxygen atoms in total. The van der Waals surface area contributed by atoms with Crippen LogP contribution in [0.15, 0.2) is 12.3 Å². The van der Waals surface area contributed by atoms with E-state index < -0.39 is 12.0 Å². The molecule has 0 radical (unpaired) electrons. The largest absolute Gasteiger partial charge is 0.353 e. The van der Waals surface area contributed by atoms with Gasteiger partial charge in [0.2, 0.25) is 11.8 Å². The van der Waals surface area contributed by atoms with Crippen molar-refractivity contribution in [1.82, 2.24) is 20.0 Å². The minimum absolute atomic E-state index is 0.0983. The van der Waals surface area contributed by atoms with Crippen LogP contribution in [0.1, 0.15) is 44.3 Å². The van der Waals surface area contributed by atoms with Gasteiger partial charge in [0.25, 0.3) is 5.92 Å². The minimum Gasteiger partial charge on any atom is -0.353 e. The van der Waals surface area contributed by atoms with Crippen LogP contribution in [0.2, 0.25) is 0 Å². The molecule has 2 heterocycles. The second kappa shape index (κ2) is 5.78. The molecular weight excluding hydrogens is 330 g/mol. The molecule has 2 aliphatic carbocycles. The van der Waals surface area contributed by atoms with Crippen molar-refractivity contribution in [2.75, 3.05) is 6.54 Å². The lowest BCUT2D eigenvalue weighted by molar-refractivity contribution is -0.137. The maximum Gasteiger partial charge on any atom is 0.252 e. The summed E-state index contributed by atoms with van der Waals surface area (Å²) in [5.74, 6) is -2.24. The summed E-state index contributed by atoms with van der Waals surface area (Å²) in [5.41, 5.74) is 0.904. The molecule has 2 amide bonds. The van der Waals surface area contributed by atoms with E-state index in [0.29, 0.717) is 19.0 Å². The standard InChI is InChI=1S/C17H22F2N4O2/c1-10-4-14(10)16(25)22-8-12-2-3-20-23(12)13(9-22)5-15(24)21-11-6-17(18,19)7-11/h2-3,10-11,13-14H,4-9H2,1H3,(H,21,24). The van der Waals surface area contributed by atoms with Gasteiger partial charge in [0.15, 0.2) is 0 Å². The van der Waals surface area contributed by atoms with Crippen molar-refractivity contribution in [3.8, 4) is 0 Å². The van der Waals surface area contributed by atoms with Crippen LogP contribution in [0.5, 0.6) is 0 Å². The van der Waals surface area contributed by atoms with E-state index in [2.05, 4.69) is 17.3 Å². The summed E-state index contributed by atoms with van der Waals surface area (Å²) in [5, 5.41) is 6.94. The zero-order chi connectivity index (χ0) is 17.8. The molecule has 25 heavy (non-hydrogen) atoms. The van der Waals surface area contributed by atoms with Gasteiger partial charge in [-0.25, -0.2) is 8.78 Å².